The Morgan fingerprint density at radius 3 is 2.42 bits per heavy atom. The first-order chi connectivity index (χ1) is 18.1. The maximum atomic E-state index is 13.0. The second-order valence-corrected chi connectivity index (χ2v) is 8.58. The molecular formula is C26H38N4O8. The highest BCUT2D eigenvalue weighted by Crippen LogP contribution is 2.07. The van der Waals surface area contributed by atoms with Crippen LogP contribution in [0.25, 0.3) is 0 Å². The van der Waals surface area contributed by atoms with E-state index in [1.165, 1.54) is 35.0 Å². The number of rotatable bonds is 17. The topological polar surface area (TPSA) is 173 Å². The van der Waals surface area contributed by atoms with Crippen molar-refractivity contribution in [2.75, 3.05) is 18.5 Å². The second-order valence-electron chi connectivity index (χ2n) is 8.58. The van der Waals surface area contributed by atoms with Crippen molar-refractivity contribution in [2.45, 2.75) is 71.9 Å². The zero-order valence-corrected chi connectivity index (χ0v) is 22.2. The van der Waals surface area contributed by atoms with E-state index in [2.05, 4.69) is 16.0 Å². The van der Waals surface area contributed by atoms with Gasteiger partial charge in [-0.15, -0.1) is 0 Å². The van der Waals surface area contributed by atoms with E-state index in [1.807, 2.05) is 13.8 Å². The van der Waals surface area contributed by atoms with Crippen LogP contribution in [0.5, 0.6) is 0 Å². The van der Waals surface area contributed by atoms with Crippen LogP contribution in [0.4, 0.5) is 5.69 Å². The highest BCUT2D eigenvalue weighted by molar-refractivity contribution is 5.97. The highest BCUT2D eigenvalue weighted by atomic mass is 16.5. The Kier molecular flexibility index (Phi) is 14.8. The number of carboxylic acid groups (broad SMARTS) is 1. The molecule has 0 spiro atoms. The fourth-order valence-corrected chi connectivity index (χ4v) is 3.41. The van der Waals surface area contributed by atoms with E-state index in [9.17, 15) is 28.8 Å². The normalized spacial score (nSPS) is 11.7. The zero-order valence-electron chi connectivity index (χ0n) is 22.2. The summed E-state index contributed by atoms with van der Waals surface area (Å²) in [5.74, 6) is -3.05. The fourth-order valence-electron chi connectivity index (χ4n) is 3.41. The Morgan fingerprint density at radius 1 is 1.08 bits per heavy atom. The number of anilines is 1. The van der Waals surface area contributed by atoms with E-state index >= 15 is 0 Å². The van der Waals surface area contributed by atoms with Gasteiger partial charge in [-0.05, 0) is 37.8 Å². The van der Waals surface area contributed by atoms with Gasteiger partial charge in [-0.25, -0.2) is 4.79 Å². The van der Waals surface area contributed by atoms with Gasteiger partial charge in [0.2, 0.25) is 17.7 Å². The maximum Gasteiger partial charge on any atom is 0.330 e. The summed E-state index contributed by atoms with van der Waals surface area (Å²) in [5, 5.41) is 16.6. The number of nitrogens with zero attached hydrogens (tertiary/aromatic N) is 1. The van der Waals surface area contributed by atoms with Gasteiger partial charge in [0.1, 0.15) is 18.3 Å². The number of carbonyl (C=O) groups excluding carboxylic acids is 4. The first-order valence-corrected chi connectivity index (χ1v) is 12.7. The number of amides is 3. The van der Waals surface area contributed by atoms with Crippen LogP contribution >= 0.6 is 0 Å². The minimum atomic E-state index is -1.16. The smallest absolute Gasteiger partial charge is 0.330 e. The second kappa shape index (κ2) is 17.5. The minimum absolute atomic E-state index is 0.0694. The molecule has 0 saturated carbocycles. The summed E-state index contributed by atoms with van der Waals surface area (Å²) in [6.45, 7) is 6.23. The van der Waals surface area contributed by atoms with Gasteiger partial charge >= 0.3 is 11.9 Å². The van der Waals surface area contributed by atoms with E-state index in [0.717, 1.165) is 12.8 Å². The molecule has 210 valence electrons. The predicted molar refractivity (Wildman–Crippen MR) is 140 cm³/mol. The standard InChI is InChI=1S/C26H38N4O8/c1-4-18(5-2)16-27-22(32)17-30-15-9-11-20(26(30)37)29-25(36)19(28-21(31)13-14-23(33)34)10-7-8-12-24(35)38-6-3/h8-9,11-12,15,18-19H,4-7,10,13-14,16-17H2,1-3H3,(H,27,32)(H,28,31)(H,29,36)(H,33,34). The monoisotopic (exact) mass is 534 g/mol. The molecule has 1 aromatic rings. The average Bonchev–Trinajstić information content (AvgIpc) is 2.87. The number of esters is 1. The van der Waals surface area contributed by atoms with Crippen LogP contribution in [0.15, 0.2) is 35.3 Å². The Labute approximate surface area is 221 Å². The van der Waals surface area contributed by atoms with E-state index in [4.69, 9.17) is 9.84 Å². The van der Waals surface area contributed by atoms with Crippen LogP contribution in [-0.4, -0.2) is 58.5 Å². The summed E-state index contributed by atoms with van der Waals surface area (Å²) >= 11 is 0. The van der Waals surface area contributed by atoms with Gasteiger partial charge in [0, 0.05) is 25.2 Å². The van der Waals surface area contributed by atoms with E-state index in [0.29, 0.717) is 12.5 Å². The molecule has 12 heteroatoms. The lowest BCUT2D eigenvalue weighted by Crippen LogP contribution is -2.44. The molecule has 4 N–H and O–H groups in total. The molecule has 0 aromatic carbocycles. The molecule has 1 atom stereocenters. The van der Waals surface area contributed by atoms with Gasteiger partial charge < -0.3 is 30.4 Å². The third-order valence-corrected chi connectivity index (χ3v) is 5.71. The summed E-state index contributed by atoms with van der Waals surface area (Å²) in [5.41, 5.74) is -0.686. The number of allylic oxidation sites excluding steroid dienone is 1. The predicted octanol–water partition coefficient (Wildman–Crippen LogP) is 1.59. The van der Waals surface area contributed by atoms with Gasteiger partial charge in [0.05, 0.1) is 13.0 Å². The molecule has 1 rings (SSSR count). The molecule has 12 nitrogen and oxygen atoms in total. The van der Waals surface area contributed by atoms with Gasteiger partial charge in [0.25, 0.3) is 5.56 Å². The third-order valence-electron chi connectivity index (χ3n) is 5.71. The zero-order chi connectivity index (χ0) is 28.5. The molecule has 0 radical (unpaired) electrons. The van der Waals surface area contributed by atoms with Gasteiger partial charge in [-0.1, -0.05) is 32.8 Å². The van der Waals surface area contributed by atoms with Crippen molar-refractivity contribution >= 4 is 35.3 Å². The summed E-state index contributed by atoms with van der Waals surface area (Å²) in [4.78, 5) is 72.6. The van der Waals surface area contributed by atoms with Gasteiger partial charge in [-0.3, -0.25) is 24.0 Å². The van der Waals surface area contributed by atoms with Gasteiger partial charge in [-0.2, -0.15) is 0 Å². The highest BCUT2D eigenvalue weighted by Gasteiger charge is 2.22. The maximum absolute atomic E-state index is 13.0. The number of carbonyl (C=O) groups is 5. The Balaban J connectivity index is 2.92. The number of carboxylic acids is 1. The number of nitrogens with one attached hydrogen (secondary N) is 3. The molecule has 0 bridgehead atoms. The SMILES string of the molecule is CCOC(=O)C=CCCC(NC(=O)CCC(=O)O)C(=O)Nc1cccn(CC(=O)NCC(CC)CC)c1=O. The molecule has 1 heterocycles. The van der Waals surface area contributed by atoms with Crippen molar-refractivity contribution in [3.05, 3.63) is 40.8 Å². The van der Waals surface area contributed by atoms with E-state index < -0.39 is 41.8 Å². The Hall–Kier alpha value is -3.96. The largest absolute Gasteiger partial charge is 0.481 e. The van der Waals surface area contributed by atoms with Crippen LogP contribution < -0.4 is 21.5 Å². The molecule has 38 heavy (non-hydrogen) atoms. The molecule has 3 amide bonds. The molecule has 0 fully saturated rings. The van der Waals surface area contributed by atoms with Crippen molar-refractivity contribution in [3.63, 3.8) is 0 Å². The molecule has 1 aromatic heterocycles. The fraction of sp³-hybridized carbons (Fsp3) is 0.538. The first-order valence-electron chi connectivity index (χ1n) is 12.7. The van der Waals surface area contributed by atoms with Crippen LogP contribution in [-0.2, 0) is 35.3 Å². The first kappa shape index (κ1) is 32.1. The Bertz CT molecular complexity index is 1050. The number of hydrogen-bond donors (Lipinski definition) is 4. The van der Waals surface area contributed by atoms with E-state index in [-0.39, 0.29) is 44.0 Å². The van der Waals surface area contributed by atoms with E-state index in [1.54, 1.807) is 6.92 Å². The number of aliphatic carboxylic acids is 1. The molecular weight excluding hydrogens is 496 g/mol. The molecule has 1 unspecified atom stereocenters. The average molecular weight is 535 g/mol. The minimum Gasteiger partial charge on any atom is -0.481 e. The quantitative estimate of drug-likeness (QED) is 0.172. The lowest BCUT2D eigenvalue weighted by atomic mass is 10.0. The van der Waals surface area contributed by atoms with Crippen molar-refractivity contribution in [2.24, 2.45) is 5.92 Å². The Morgan fingerprint density at radius 2 is 1.79 bits per heavy atom. The van der Waals surface area contributed by atoms with Crippen LogP contribution in [0.3, 0.4) is 0 Å². The number of aromatic nitrogens is 1. The summed E-state index contributed by atoms with van der Waals surface area (Å²) in [7, 11) is 0. The number of pyridine rings is 1. The number of ether oxygens (including phenoxy) is 1. The van der Waals surface area contributed by atoms with Gasteiger partial charge in [0.15, 0.2) is 0 Å². The lowest BCUT2D eigenvalue weighted by molar-refractivity contribution is -0.139. The summed E-state index contributed by atoms with van der Waals surface area (Å²) in [6, 6.07) is 1.77. The molecule has 0 saturated heterocycles. The van der Waals surface area contributed by atoms with Crippen LogP contribution in [0.1, 0.15) is 59.3 Å². The van der Waals surface area contributed by atoms with Crippen molar-refractivity contribution < 1.29 is 33.8 Å². The van der Waals surface area contributed by atoms with Crippen molar-refractivity contribution in [1.29, 1.82) is 0 Å². The van der Waals surface area contributed by atoms with Crippen LogP contribution in [0.2, 0.25) is 0 Å². The summed E-state index contributed by atoms with van der Waals surface area (Å²) in [6.07, 6.45) is 5.50. The lowest BCUT2D eigenvalue weighted by Gasteiger charge is -2.18. The van der Waals surface area contributed by atoms with Crippen LogP contribution in [0, 0.1) is 5.92 Å². The summed E-state index contributed by atoms with van der Waals surface area (Å²) < 4.78 is 5.96. The number of hydrogen-bond acceptors (Lipinski definition) is 7. The molecule has 0 aliphatic heterocycles. The molecule has 0 aliphatic carbocycles. The van der Waals surface area contributed by atoms with Crippen molar-refractivity contribution in [3.8, 4) is 0 Å². The molecule has 0 aliphatic rings. The van der Waals surface area contributed by atoms with Crippen molar-refractivity contribution in [1.82, 2.24) is 15.2 Å². The third kappa shape index (κ3) is 12.3.